The van der Waals surface area contributed by atoms with Crippen LogP contribution in [0.2, 0.25) is 5.15 Å². The molecule has 4 nitrogen and oxygen atoms in total. The summed E-state index contributed by atoms with van der Waals surface area (Å²) in [6.07, 6.45) is 2.19. The fourth-order valence-electron chi connectivity index (χ4n) is 2.57. The summed E-state index contributed by atoms with van der Waals surface area (Å²) in [5.41, 5.74) is 1.52. The maximum atomic E-state index is 12.2. The highest BCUT2D eigenvalue weighted by atomic mass is 35.5. The second-order valence-corrected chi connectivity index (χ2v) is 4.95. The van der Waals surface area contributed by atoms with Crippen molar-refractivity contribution in [2.45, 2.75) is 25.4 Å². The molecule has 90 valence electrons. The van der Waals surface area contributed by atoms with Crippen LogP contribution in [0.25, 0.3) is 0 Å². The van der Waals surface area contributed by atoms with Gasteiger partial charge in [-0.25, -0.2) is 4.98 Å². The predicted octanol–water partition coefficient (Wildman–Crippen LogP) is 1.44. The Morgan fingerprint density at radius 3 is 3.12 bits per heavy atom. The van der Waals surface area contributed by atoms with Crippen molar-refractivity contribution in [2.75, 3.05) is 13.1 Å². The number of aromatic nitrogens is 1. The number of carbonyl (C=O) groups excluding carboxylic acids is 1. The molecule has 1 saturated heterocycles. The number of piperidine rings is 1. The lowest BCUT2D eigenvalue weighted by Gasteiger charge is -2.31. The second kappa shape index (κ2) is 4.27. The third-order valence-corrected chi connectivity index (χ3v) is 3.67. The van der Waals surface area contributed by atoms with E-state index in [4.69, 9.17) is 11.6 Å². The summed E-state index contributed by atoms with van der Waals surface area (Å²) in [4.78, 5) is 18.4. The minimum Gasteiger partial charge on any atom is -0.328 e. The lowest BCUT2D eigenvalue weighted by molar-refractivity contribution is 0.0674. The maximum Gasteiger partial charge on any atom is 0.256 e. The molecule has 0 spiro atoms. The largest absolute Gasteiger partial charge is 0.328 e. The molecular weight excluding hydrogens is 238 g/mol. The molecule has 1 aromatic rings. The van der Waals surface area contributed by atoms with Crippen molar-refractivity contribution in [1.82, 2.24) is 15.2 Å². The average Bonchev–Trinajstić information content (AvgIpc) is 2.67. The fraction of sp³-hybridized carbons (Fsp3) is 0.500. The van der Waals surface area contributed by atoms with Crippen LogP contribution in [0.5, 0.6) is 0 Å². The van der Waals surface area contributed by atoms with Crippen molar-refractivity contribution in [1.29, 1.82) is 0 Å². The predicted molar refractivity (Wildman–Crippen MR) is 65.0 cm³/mol. The van der Waals surface area contributed by atoms with Gasteiger partial charge in [-0.05, 0) is 31.5 Å². The van der Waals surface area contributed by atoms with E-state index < -0.39 is 0 Å². The third-order valence-electron chi connectivity index (χ3n) is 3.46. The van der Waals surface area contributed by atoms with E-state index in [0.717, 1.165) is 31.6 Å². The Kier molecular flexibility index (Phi) is 2.76. The highest BCUT2D eigenvalue weighted by molar-refractivity contribution is 6.29. The van der Waals surface area contributed by atoms with Gasteiger partial charge in [0, 0.05) is 12.6 Å². The molecule has 1 atom stereocenters. The number of nitrogens with zero attached hydrogens (tertiary/aromatic N) is 2. The van der Waals surface area contributed by atoms with Gasteiger partial charge in [-0.15, -0.1) is 0 Å². The molecule has 0 aliphatic carbocycles. The number of halogens is 1. The van der Waals surface area contributed by atoms with Gasteiger partial charge in [0.1, 0.15) is 5.15 Å². The van der Waals surface area contributed by atoms with Crippen molar-refractivity contribution in [2.24, 2.45) is 0 Å². The van der Waals surface area contributed by atoms with Gasteiger partial charge in [0.15, 0.2) is 0 Å². The van der Waals surface area contributed by atoms with Crippen LogP contribution in [0.4, 0.5) is 0 Å². The molecule has 3 rings (SSSR count). The van der Waals surface area contributed by atoms with Gasteiger partial charge in [-0.1, -0.05) is 11.6 Å². The Bertz CT molecular complexity index is 457. The molecule has 0 bridgehead atoms. The zero-order valence-corrected chi connectivity index (χ0v) is 10.2. The normalized spacial score (nSPS) is 23.9. The number of rotatable bonds is 1. The van der Waals surface area contributed by atoms with E-state index in [1.165, 1.54) is 0 Å². The van der Waals surface area contributed by atoms with Gasteiger partial charge < -0.3 is 10.2 Å². The van der Waals surface area contributed by atoms with Crippen LogP contribution in [0.15, 0.2) is 12.1 Å². The zero-order chi connectivity index (χ0) is 11.8. The zero-order valence-electron chi connectivity index (χ0n) is 9.45. The van der Waals surface area contributed by atoms with Crippen molar-refractivity contribution >= 4 is 17.5 Å². The van der Waals surface area contributed by atoms with Crippen LogP contribution in [-0.2, 0) is 6.54 Å². The molecule has 1 amide bonds. The topological polar surface area (TPSA) is 45.2 Å². The lowest BCUT2D eigenvalue weighted by Crippen LogP contribution is -2.46. The number of fused-ring (bicyclic) bond motifs is 1. The Balaban J connectivity index is 1.85. The number of carbonyl (C=O) groups is 1. The van der Waals surface area contributed by atoms with E-state index in [1.807, 2.05) is 4.90 Å². The van der Waals surface area contributed by atoms with Crippen LogP contribution < -0.4 is 5.32 Å². The highest BCUT2D eigenvalue weighted by Gasteiger charge is 2.34. The summed E-state index contributed by atoms with van der Waals surface area (Å²) in [5, 5.41) is 3.79. The summed E-state index contributed by atoms with van der Waals surface area (Å²) in [6.45, 7) is 2.53. The lowest BCUT2D eigenvalue weighted by atomic mass is 10.1. The van der Waals surface area contributed by atoms with Gasteiger partial charge in [0.25, 0.3) is 5.91 Å². The van der Waals surface area contributed by atoms with E-state index >= 15 is 0 Å². The average molecular weight is 252 g/mol. The number of pyridine rings is 1. The smallest absolute Gasteiger partial charge is 0.256 e. The first-order valence-electron chi connectivity index (χ1n) is 5.93. The fourth-order valence-corrected chi connectivity index (χ4v) is 2.74. The van der Waals surface area contributed by atoms with Crippen molar-refractivity contribution in [3.05, 3.63) is 28.5 Å². The van der Waals surface area contributed by atoms with Crippen molar-refractivity contribution in [3.8, 4) is 0 Å². The third kappa shape index (κ3) is 1.91. The second-order valence-electron chi connectivity index (χ2n) is 4.56. The van der Waals surface area contributed by atoms with Crippen LogP contribution in [0, 0.1) is 0 Å². The van der Waals surface area contributed by atoms with Crippen LogP contribution in [0.3, 0.4) is 0 Å². The molecule has 0 radical (unpaired) electrons. The number of amides is 1. The number of hydrogen-bond donors (Lipinski definition) is 1. The summed E-state index contributed by atoms with van der Waals surface area (Å²) < 4.78 is 0. The van der Waals surface area contributed by atoms with Gasteiger partial charge in [0.05, 0.1) is 17.8 Å². The number of nitrogens with one attached hydrogen (secondary N) is 1. The molecule has 2 aliphatic rings. The Hall–Kier alpha value is -1.13. The minimum absolute atomic E-state index is 0.0952. The van der Waals surface area contributed by atoms with E-state index in [9.17, 15) is 4.79 Å². The molecule has 1 fully saturated rings. The first-order chi connectivity index (χ1) is 8.25. The highest BCUT2D eigenvalue weighted by Crippen LogP contribution is 2.26. The Labute approximate surface area is 105 Å². The minimum atomic E-state index is 0.0952. The van der Waals surface area contributed by atoms with Gasteiger partial charge in [-0.2, -0.15) is 0 Å². The van der Waals surface area contributed by atoms with E-state index in [0.29, 0.717) is 23.3 Å². The molecule has 0 aromatic carbocycles. The molecule has 2 aliphatic heterocycles. The molecule has 1 aromatic heterocycles. The molecular formula is C12H14ClN3O. The summed E-state index contributed by atoms with van der Waals surface area (Å²) in [6, 6.07) is 3.76. The quantitative estimate of drug-likeness (QED) is 0.769. The first-order valence-corrected chi connectivity index (χ1v) is 6.30. The monoisotopic (exact) mass is 251 g/mol. The summed E-state index contributed by atoms with van der Waals surface area (Å²) in [7, 11) is 0. The number of hydrogen-bond acceptors (Lipinski definition) is 3. The summed E-state index contributed by atoms with van der Waals surface area (Å²) in [5.74, 6) is 0.0952. The molecule has 3 heterocycles. The van der Waals surface area contributed by atoms with E-state index in [-0.39, 0.29) is 5.91 Å². The van der Waals surface area contributed by atoms with Gasteiger partial charge >= 0.3 is 0 Å². The molecule has 17 heavy (non-hydrogen) atoms. The SMILES string of the molecule is O=C1c2ccc(Cl)nc2CN1C1CCCNC1. The van der Waals surface area contributed by atoms with Crippen LogP contribution >= 0.6 is 11.6 Å². The Morgan fingerprint density at radius 1 is 1.47 bits per heavy atom. The van der Waals surface area contributed by atoms with Crippen molar-refractivity contribution < 1.29 is 4.79 Å². The molecule has 5 heteroatoms. The molecule has 0 saturated carbocycles. The van der Waals surface area contributed by atoms with Gasteiger partial charge in [-0.3, -0.25) is 4.79 Å². The maximum absolute atomic E-state index is 12.2. The first kappa shape index (κ1) is 11.0. The molecule has 1 unspecified atom stereocenters. The Morgan fingerprint density at radius 2 is 2.35 bits per heavy atom. The van der Waals surface area contributed by atoms with E-state index in [1.54, 1.807) is 12.1 Å². The molecule has 1 N–H and O–H groups in total. The van der Waals surface area contributed by atoms with E-state index in [2.05, 4.69) is 10.3 Å². The standard InChI is InChI=1S/C12H14ClN3O/c13-11-4-3-9-10(15-11)7-16(12(9)17)8-2-1-5-14-6-8/h3-4,8,14H,1-2,5-7H2. The van der Waals surface area contributed by atoms with Crippen LogP contribution in [0.1, 0.15) is 28.9 Å². The van der Waals surface area contributed by atoms with Crippen LogP contribution in [-0.4, -0.2) is 34.9 Å². The summed E-state index contributed by atoms with van der Waals surface area (Å²) >= 11 is 5.85. The van der Waals surface area contributed by atoms with Gasteiger partial charge in [0.2, 0.25) is 0 Å². The van der Waals surface area contributed by atoms with Crippen molar-refractivity contribution in [3.63, 3.8) is 0 Å².